The van der Waals surface area contributed by atoms with E-state index in [-0.39, 0.29) is 5.91 Å². The number of nitrogens with zero attached hydrogens (tertiary/aromatic N) is 2. The second kappa shape index (κ2) is 5.94. The fraction of sp³-hybridized carbons (Fsp3) is 0.125. The molecular weight excluding hydrogens is 320 g/mol. The topological polar surface area (TPSA) is 43.6 Å². The molecule has 0 fully saturated rings. The first-order valence-electron chi connectivity index (χ1n) is 6.57. The fourth-order valence-corrected chi connectivity index (χ4v) is 3.57. The number of hydrogen-bond acceptors (Lipinski definition) is 3. The van der Waals surface area contributed by atoms with E-state index < -0.39 is 0 Å². The van der Waals surface area contributed by atoms with Crippen molar-refractivity contribution in [3.8, 4) is 5.75 Å². The van der Waals surface area contributed by atoms with Gasteiger partial charge >= 0.3 is 0 Å². The molecule has 0 N–H and O–H groups in total. The highest BCUT2D eigenvalue weighted by Gasteiger charge is 2.09. The smallest absolute Gasteiger partial charge is 0.279 e. The van der Waals surface area contributed by atoms with Crippen LogP contribution in [0.1, 0.15) is 10.4 Å². The Kier molecular flexibility index (Phi) is 4.00. The van der Waals surface area contributed by atoms with E-state index in [0.29, 0.717) is 21.1 Å². The van der Waals surface area contributed by atoms with E-state index in [1.54, 1.807) is 31.4 Å². The van der Waals surface area contributed by atoms with Gasteiger partial charge in [0.05, 0.1) is 22.3 Å². The lowest BCUT2D eigenvalue weighted by molar-refractivity contribution is 0.0997. The number of rotatable bonds is 2. The Hall–Kier alpha value is -2.11. The molecule has 1 amide bonds. The lowest BCUT2D eigenvalue weighted by atomic mass is 10.2. The van der Waals surface area contributed by atoms with Gasteiger partial charge in [0.1, 0.15) is 5.75 Å². The van der Waals surface area contributed by atoms with Crippen molar-refractivity contribution in [3.63, 3.8) is 0 Å². The van der Waals surface area contributed by atoms with Gasteiger partial charge in [-0.25, -0.2) is 0 Å². The minimum absolute atomic E-state index is 0.308. The van der Waals surface area contributed by atoms with Gasteiger partial charge in [0, 0.05) is 12.6 Å². The van der Waals surface area contributed by atoms with Crippen LogP contribution in [-0.4, -0.2) is 17.6 Å². The van der Waals surface area contributed by atoms with E-state index in [1.807, 2.05) is 29.8 Å². The molecule has 0 aliphatic heterocycles. The number of aromatic nitrogens is 1. The molecule has 6 heteroatoms. The Balaban J connectivity index is 2.10. The zero-order valence-electron chi connectivity index (χ0n) is 12.0. The Morgan fingerprint density at radius 3 is 2.77 bits per heavy atom. The quantitative estimate of drug-likeness (QED) is 0.719. The van der Waals surface area contributed by atoms with Crippen LogP contribution in [0, 0.1) is 0 Å². The summed E-state index contributed by atoms with van der Waals surface area (Å²) in [6, 6.07) is 12.6. The van der Waals surface area contributed by atoms with Crippen LogP contribution < -0.4 is 9.54 Å². The summed E-state index contributed by atoms with van der Waals surface area (Å²) in [5, 5.41) is 0.645. The predicted molar refractivity (Wildman–Crippen MR) is 88.7 cm³/mol. The van der Waals surface area contributed by atoms with E-state index in [2.05, 4.69) is 4.99 Å². The van der Waals surface area contributed by atoms with Crippen LogP contribution in [0.4, 0.5) is 0 Å². The number of halogens is 1. The molecule has 2 aromatic carbocycles. The summed E-state index contributed by atoms with van der Waals surface area (Å²) in [4.78, 5) is 17.2. The van der Waals surface area contributed by atoms with Crippen LogP contribution in [0.2, 0.25) is 5.02 Å². The minimum Gasteiger partial charge on any atom is -0.497 e. The van der Waals surface area contributed by atoms with Crippen molar-refractivity contribution in [2.75, 3.05) is 7.11 Å². The molecular formula is C16H13ClN2O2S. The summed E-state index contributed by atoms with van der Waals surface area (Å²) < 4.78 is 7.96. The average Bonchev–Trinajstić information content (AvgIpc) is 2.85. The first-order chi connectivity index (χ1) is 10.6. The Bertz CT molecular complexity index is 927. The van der Waals surface area contributed by atoms with Crippen molar-refractivity contribution in [1.82, 2.24) is 4.57 Å². The number of hydrogen-bond donors (Lipinski definition) is 0. The first kappa shape index (κ1) is 14.8. The lowest BCUT2D eigenvalue weighted by Gasteiger charge is -2.00. The van der Waals surface area contributed by atoms with Gasteiger partial charge in [-0.1, -0.05) is 35.1 Å². The fourth-order valence-electron chi connectivity index (χ4n) is 2.17. The predicted octanol–water partition coefficient (Wildman–Crippen LogP) is 3.64. The first-order valence-corrected chi connectivity index (χ1v) is 7.77. The highest BCUT2D eigenvalue weighted by molar-refractivity contribution is 7.16. The van der Waals surface area contributed by atoms with E-state index in [9.17, 15) is 4.79 Å². The highest BCUT2D eigenvalue weighted by Crippen LogP contribution is 2.24. The molecule has 0 bridgehead atoms. The summed E-state index contributed by atoms with van der Waals surface area (Å²) in [7, 11) is 3.41. The number of benzene rings is 2. The van der Waals surface area contributed by atoms with Gasteiger partial charge in [-0.05, 0) is 30.3 Å². The molecule has 1 aromatic heterocycles. The Labute approximate surface area is 136 Å². The highest BCUT2D eigenvalue weighted by atomic mass is 35.5. The average molecular weight is 333 g/mol. The maximum absolute atomic E-state index is 12.3. The Morgan fingerprint density at radius 2 is 2.05 bits per heavy atom. The maximum Gasteiger partial charge on any atom is 0.279 e. The number of methoxy groups -OCH3 is 1. The third-order valence-electron chi connectivity index (χ3n) is 3.29. The number of carbonyl (C=O) groups is 1. The molecule has 112 valence electrons. The van der Waals surface area contributed by atoms with Crippen LogP contribution in [0.3, 0.4) is 0 Å². The maximum atomic E-state index is 12.3. The standard InChI is InChI=1S/C16H13ClN2O2S/c1-19-14-12(17)7-4-8-13(14)22-16(19)18-15(20)10-5-3-6-11(9-10)21-2/h3-9H,1-2H3. The molecule has 3 rings (SSSR count). The third kappa shape index (κ3) is 2.65. The van der Waals surface area contributed by atoms with Crippen LogP contribution >= 0.6 is 22.9 Å². The number of amides is 1. The SMILES string of the molecule is COc1cccc(C(=O)N=c2sc3cccc(Cl)c3n2C)c1. The molecule has 3 aromatic rings. The number of carbonyl (C=O) groups excluding carboxylic acids is 1. The van der Waals surface area contributed by atoms with Gasteiger partial charge in [-0.3, -0.25) is 4.79 Å². The summed E-state index contributed by atoms with van der Waals surface area (Å²) in [6.45, 7) is 0. The molecule has 0 aliphatic rings. The number of fused-ring (bicyclic) bond motifs is 1. The van der Waals surface area contributed by atoms with Crippen LogP contribution in [0.25, 0.3) is 10.2 Å². The number of aryl methyl sites for hydroxylation is 1. The third-order valence-corrected chi connectivity index (χ3v) is 4.69. The van der Waals surface area contributed by atoms with Crippen LogP contribution in [0.15, 0.2) is 47.5 Å². The van der Waals surface area contributed by atoms with Crippen molar-refractivity contribution in [3.05, 3.63) is 57.9 Å². The number of para-hydroxylation sites is 1. The van der Waals surface area contributed by atoms with Crippen LogP contribution in [-0.2, 0) is 7.05 Å². The van der Waals surface area contributed by atoms with Gasteiger partial charge in [0.2, 0.25) is 0 Å². The van der Waals surface area contributed by atoms with Crippen molar-refractivity contribution >= 4 is 39.1 Å². The summed E-state index contributed by atoms with van der Waals surface area (Å²) in [5.74, 6) is 0.321. The summed E-state index contributed by atoms with van der Waals surface area (Å²) in [5.41, 5.74) is 1.37. The van der Waals surface area contributed by atoms with Crippen molar-refractivity contribution < 1.29 is 9.53 Å². The number of ether oxygens (including phenoxy) is 1. The van der Waals surface area contributed by atoms with Gasteiger partial charge < -0.3 is 9.30 Å². The van der Waals surface area contributed by atoms with Gasteiger partial charge in [0.15, 0.2) is 4.80 Å². The van der Waals surface area contributed by atoms with Gasteiger partial charge in [0.25, 0.3) is 5.91 Å². The molecule has 0 atom stereocenters. The van der Waals surface area contributed by atoms with Crippen LogP contribution in [0.5, 0.6) is 5.75 Å². The van der Waals surface area contributed by atoms with Crippen molar-refractivity contribution in [2.45, 2.75) is 0 Å². The van der Waals surface area contributed by atoms with Crippen molar-refractivity contribution in [1.29, 1.82) is 0 Å². The van der Waals surface area contributed by atoms with E-state index in [1.165, 1.54) is 11.3 Å². The zero-order valence-corrected chi connectivity index (χ0v) is 13.6. The molecule has 0 radical (unpaired) electrons. The number of thiazole rings is 1. The summed E-state index contributed by atoms with van der Waals surface area (Å²) in [6.07, 6.45) is 0. The second-order valence-corrected chi connectivity index (χ2v) is 6.10. The van der Waals surface area contributed by atoms with E-state index >= 15 is 0 Å². The molecule has 1 heterocycles. The molecule has 4 nitrogen and oxygen atoms in total. The van der Waals surface area contributed by atoms with E-state index in [0.717, 1.165) is 10.2 Å². The monoisotopic (exact) mass is 332 g/mol. The molecule has 0 saturated heterocycles. The zero-order chi connectivity index (χ0) is 15.7. The van der Waals surface area contributed by atoms with Crippen molar-refractivity contribution in [2.24, 2.45) is 12.0 Å². The largest absolute Gasteiger partial charge is 0.497 e. The van der Waals surface area contributed by atoms with Gasteiger partial charge in [-0.2, -0.15) is 4.99 Å². The second-order valence-electron chi connectivity index (χ2n) is 4.68. The molecule has 0 unspecified atom stereocenters. The van der Waals surface area contributed by atoms with Gasteiger partial charge in [-0.15, -0.1) is 0 Å². The minimum atomic E-state index is -0.308. The Morgan fingerprint density at radius 1 is 1.27 bits per heavy atom. The molecule has 22 heavy (non-hydrogen) atoms. The molecule has 0 spiro atoms. The van der Waals surface area contributed by atoms with E-state index in [4.69, 9.17) is 16.3 Å². The normalized spacial score (nSPS) is 11.9. The molecule has 0 saturated carbocycles. The lowest BCUT2D eigenvalue weighted by Crippen LogP contribution is -2.13. The summed E-state index contributed by atoms with van der Waals surface area (Å²) >= 11 is 7.64. The molecule has 0 aliphatic carbocycles.